The lowest BCUT2D eigenvalue weighted by molar-refractivity contribution is 0.100. The molecular weight excluding hydrogens is 229 g/mol. The van der Waals surface area contributed by atoms with Gasteiger partial charge in [-0.2, -0.15) is 0 Å². The second kappa shape index (κ2) is 5.81. The Balaban J connectivity index is 1.86. The van der Waals surface area contributed by atoms with Gasteiger partial charge in [0.15, 0.2) is 0 Å². The highest BCUT2D eigenvalue weighted by molar-refractivity contribution is 5.23. The first kappa shape index (κ1) is 13.5. The van der Waals surface area contributed by atoms with Crippen LogP contribution < -0.4 is 5.73 Å². The third kappa shape index (κ3) is 3.53. The zero-order chi connectivity index (χ0) is 13.0. The second-order valence-corrected chi connectivity index (χ2v) is 5.46. The van der Waals surface area contributed by atoms with Gasteiger partial charge in [0.05, 0.1) is 6.10 Å². The van der Waals surface area contributed by atoms with E-state index < -0.39 is 5.54 Å². The molecule has 1 aliphatic rings. The second-order valence-electron chi connectivity index (χ2n) is 5.46. The Morgan fingerprint density at radius 2 is 2.33 bits per heavy atom. The molecule has 0 aromatic heterocycles. The van der Waals surface area contributed by atoms with Crippen molar-refractivity contribution in [3.05, 3.63) is 35.6 Å². The van der Waals surface area contributed by atoms with Crippen LogP contribution in [0.1, 0.15) is 44.6 Å². The van der Waals surface area contributed by atoms with E-state index >= 15 is 0 Å². The lowest BCUT2D eigenvalue weighted by atomic mass is 9.87. The van der Waals surface area contributed by atoms with Crippen LogP contribution in [0, 0.1) is 5.82 Å². The van der Waals surface area contributed by atoms with Gasteiger partial charge in [0.2, 0.25) is 0 Å². The van der Waals surface area contributed by atoms with Crippen LogP contribution in [-0.4, -0.2) is 12.7 Å². The summed E-state index contributed by atoms with van der Waals surface area (Å²) in [6, 6.07) is 6.60. The first-order chi connectivity index (χ1) is 8.58. The molecule has 0 bridgehead atoms. The summed E-state index contributed by atoms with van der Waals surface area (Å²) in [6.07, 6.45) is 5.69. The predicted octanol–water partition coefficient (Wildman–Crippen LogP) is 3.35. The van der Waals surface area contributed by atoms with Crippen molar-refractivity contribution < 1.29 is 9.13 Å². The Bertz CT molecular complexity index is 386. The lowest BCUT2D eigenvalue weighted by Crippen LogP contribution is -2.33. The summed E-state index contributed by atoms with van der Waals surface area (Å²) in [5.74, 6) is -0.219. The van der Waals surface area contributed by atoms with E-state index in [1.165, 1.54) is 25.0 Å². The van der Waals surface area contributed by atoms with Crippen LogP contribution in [0.3, 0.4) is 0 Å². The normalized spacial score (nSPS) is 22.9. The predicted molar refractivity (Wildman–Crippen MR) is 70.8 cm³/mol. The minimum absolute atomic E-state index is 0.219. The van der Waals surface area contributed by atoms with Crippen molar-refractivity contribution in [2.75, 3.05) is 6.61 Å². The quantitative estimate of drug-likeness (QED) is 0.871. The maximum atomic E-state index is 13.2. The van der Waals surface area contributed by atoms with Crippen LogP contribution in [0.15, 0.2) is 24.3 Å². The molecule has 2 unspecified atom stereocenters. The molecule has 2 nitrogen and oxygen atoms in total. The number of rotatable bonds is 5. The summed E-state index contributed by atoms with van der Waals surface area (Å²) in [7, 11) is 0. The highest BCUT2D eigenvalue weighted by Crippen LogP contribution is 2.26. The Hall–Kier alpha value is -0.930. The van der Waals surface area contributed by atoms with Crippen LogP contribution in [-0.2, 0) is 10.3 Å². The molecule has 2 N–H and O–H groups in total. The molecular formula is C15H22FNO. The zero-order valence-electron chi connectivity index (χ0n) is 11.0. The highest BCUT2D eigenvalue weighted by atomic mass is 19.1. The van der Waals surface area contributed by atoms with E-state index in [0.29, 0.717) is 6.10 Å². The molecule has 1 aliphatic heterocycles. The highest BCUT2D eigenvalue weighted by Gasteiger charge is 2.22. The van der Waals surface area contributed by atoms with E-state index in [1.54, 1.807) is 6.07 Å². The maximum Gasteiger partial charge on any atom is 0.123 e. The fourth-order valence-electron chi connectivity index (χ4n) is 2.56. The SMILES string of the molecule is CC(N)(CCCC1CCCO1)c1cccc(F)c1. The van der Waals surface area contributed by atoms with E-state index in [1.807, 2.05) is 13.0 Å². The minimum atomic E-state index is -0.458. The Morgan fingerprint density at radius 1 is 1.50 bits per heavy atom. The van der Waals surface area contributed by atoms with Gasteiger partial charge in [0.25, 0.3) is 0 Å². The van der Waals surface area contributed by atoms with E-state index in [-0.39, 0.29) is 5.82 Å². The van der Waals surface area contributed by atoms with Crippen LogP contribution >= 0.6 is 0 Å². The number of benzene rings is 1. The number of nitrogens with two attached hydrogens (primary N) is 1. The van der Waals surface area contributed by atoms with Crippen molar-refractivity contribution >= 4 is 0 Å². The standard InChI is InChI=1S/C15H22FNO/c1-15(17,12-5-2-6-13(16)11-12)9-3-7-14-8-4-10-18-14/h2,5-6,11,14H,3-4,7-10,17H2,1H3. The molecule has 0 spiro atoms. The van der Waals surface area contributed by atoms with E-state index in [0.717, 1.165) is 31.4 Å². The molecule has 1 aromatic carbocycles. The molecule has 100 valence electrons. The van der Waals surface area contributed by atoms with Gasteiger partial charge in [-0.25, -0.2) is 4.39 Å². The molecule has 3 heteroatoms. The molecule has 1 fully saturated rings. The van der Waals surface area contributed by atoms with Crippen LogP contribution in [0.4, 0.5) is 4.39 Å². The fourth-order valence-corrected chi connectivity index (χ4v) is 2.56. The summed E-state index contributed by atoms with van der Waals surface area (Å²) >= 11 is 0. The molecule has 0 saturated carbocycles. The third-order valence-electron chi connectivity index (χ3n) is 3.73. The molecule has 2 rings (SSSR count). The number of halogens is 1. The molecule has 18 heavy (non-hydrogen) atoms. The van der Waals surface area contributed by atoms with Gasteiger partial charge < -0.3 is 10.5 Å². The smallest absolute Gasteiger partial charge is 0.123 e. The molecule has 2 atom stereocenters. The van der Waals surface area contributed by atoms with Crippen molar-refractivity contribution in [2.45, 2.75) is 50.7 Å². The Kier molecular flexibility index (Phi) is 4.36. The van der Waals surface area contributed by atoms with E-state index in [2.05, 4.69) is 0 Å². The van der Waals surface area contributed by atoms with E-state index in [9.17, 15) is 4.39 Å². The summed E-state index contributed by atoms with van der Waals surface area (Å²) in [6.45, 7) is 2.87. The van der Waals surface area contributed by atoms with Gasteiger partial charge >= 0.3 is 0 Å². The monoisotopic (exact) mass is 251 g/mol. The number of hydrogen-bond donors (Lipinski definition) is 1. The molecule has 1 heterocycles. The largest absolute Gasteiger partial charge is 0.378 e. The van der Waals surface area contributed by atoms with Gasteiger partial charge in [-0.05, 0) is 56.7 Å². The molecule has 0 aliphatic carbocycles. The van der Waals surface area contributed by atoms with Gasteiger partial charge in [-0.15, -0.1) is 0 Å². The Labute approximate surface area is 108 Å². The fraction of sp³-hybridized carbons (Fsp3) is 0.600. The lowest BCUT2D eigenvalue weighted by Gasteiger charge is -2.26. The van der Waals surface area contributed by atoms with Crippen molar-refractivity contribution in [2.24, 2.45) is 5.73 Å². The van der Waals surface area contributed by atoms with Crippen LogP contribution in [0.25, 0.3) is 0 Å². The third-order valence-corrected chi connectivity index (χ3v) is 3.73. The molecule has 0 amide bonds. The number of ether oxygens (including phenoxy) is 1. The minimum Gasteiger partial charge on any atom is -0.378 e. The van der Waals surface area contributed by atoms with Crippen molar-refractivity contribution in [3.8, 4) is 0 Å². The topological polar surface area (TPSA) is 35.2 Å². The first-order valence-electron chi connectivity index (χ1n) is 6.74. The summed E-state index contributed by atoms with van der Waals surface area (Å²) in [5.41, 5.74) is 6.70. The van der Waals surface area contributed by atoms with Crippen molar-refractivity contribution in [3.63, 3.8) is 0 Å². The van der Waals surface area contributed by atoms with E-state index in [4.69, 9.17) is 10.5 Å². The zero-order valence-corrected chi connectivity index (χ0v) is 11.0. The molecule has 0 radical (unpaired) electrons. The summed E-state index contributed by atoms with van der Waals surface area (Å²) in [4.78, 5) is 0. The van der Waals surface area contributed by atoms with Gasteiger partial charge in [0, 0.05) is 12.1 Å². The molecule has 1 aromatic rings. The van der Waals surface area contributed by atoms with Gasteiger partial charge in [-0.1, -0.05) is 12.1 Å². The van der Waals surface area contributed by atoms with Gasteiger partial charge in [0.1, 0.15) is 5.82 Å². The Morgan fingerprint density at radius 3 is 3.00 bits per heavy atom. The number of hydrogen-bond acceptors (Lipinski definition) is 2. The van der Waals surface area contributed by atoms with Crippen LogP contribution in [0.5, 0.6) is 0 Å². The van der Waals surface area contributed by atoms with Crippen molar-refractivity contribution in [1.82, 2.24) is 0 Å². The first-order valence-corrected chi connectivity index (χ1v) is 6.74. The molecule has 1 saturated heterocycles. The van der Waals surface area contributed by atoms with Crippen molar-refractivity contribution in [1.29, 1.82) is 0 Å². The summed E-state index contributed by atoms with van der Waals surface area (Å²) in [5, 5.41) is 0. The average Bonchev–Trinajstić information content (AvgIpc) is 2.82. The average molecular weight is 251 g/mol. The summed E-state index contributed by atoms with van der Waals surface area (Å²) < 4.78 is 18.8. The van der Waals surface area contributed by atoms with Gasteiger partial charge in [-0.3, -0.25) is 0 Å². The van der Waals surface area contributed by atoms with Crippen LogP contribution in [0.2, 0.25) is 0 Å². The maximum absolute atomic E-state index is 13.2.